The maximum atomic E-state index is 6.01. The third kappa shape index (κ3) is 3.95. The van der Waals surface area contributed by atoms with Crippen molar-refractivity contribution in [1.82, 2.24) is 24.5 Å². The first kappa shape index (κ1) is 19.2. The van der Waals surface area contributed by atoms with E-state index < -0.39 is 0 Å². The number of hydrogen-bond acceptors (Lipinski definition) is 4. The van der Waals surface area contributed by atoms with Crippen LogP contribution in [0.5, 0.6) is 0 Å². The van der Waals surface area contributed by atoms with Gasteiger partial charge in [0.05, 0.1) is 5.69 Å². The van der Waals surface area contributed by atoms with Crippen molar-refractivity contribution in [2.75, 3.05) is 13.1 Å². The highest BCUT2D eigenvalue weighted by molar-refractivity contribution is 6.30. The number of aryl methyl sites for hydroxylation is 1. The van der Waals surface area contributed by atoms with Crippen molar-refractivity contribution >= 4 is 17.4 Å². The molecule has 1 atom stereocenters. The number of halogens is 1. The van der Waals surface area contributed by atoms with Crippen molar-refractivity contribution in [3.05, 3.63) is 82.9 Å². The molecule has 30 heavy (non-hydrogen) atoms. The van der Waals surface area contributed by atoms with Gasteiger partial charge in [0.1, 0.15) is 6.33 Å². The third-order valence-corrected chi connectivity index (χ3v) is 6.12. The minimum atomic E-state index is 0.443. The topological polar surface area (TPSA) is 46.3 Å². The van der Waals surface area contributed by atoms with Gasteiger partial charge in [-0.2, -0.15) is 10.1 Å². The van der Waals surface area contributed by atoms with Crippen molar-refractivity contribution in [1.29, 1.82) is 0 Å². The zero-order chi connectivity index (χ0) is 20.5. The molecule has 0 N–H and O–H groups in total. The lowest BCUT2D eigenvalue weighted by molar-refractivity contribution is 0.197. The van der Waals surface area contributed by atoms with E-state index in [9.17, 15) is 0 Å². The van der Waals surface area contributed by atoms with Crippen LogP contribution < -0.4 is 0 Å². The lowest BCUT2D eigenvalue weighted by atomic mass is 9.93. The summed E-state index contributed by atoms with van der Waals surface area (Å²) in [5, 5.41) is 5.17. The molecule has 1 unspecified atom stereocenters. The van der Waals surface area contributed by atoms with Gasteiger partial charge in [-0.3, -0.25) is 4.90 Å². The lowest BCUT2D eigenvalue weighted by Gasteiger charge is -2.33. The van der Waals surface area contributed by atoms with E-state index in [1.807, 2.05) is 23.6 Å². The van der Waals surface area contributed by atoms with Crippen molar-refractivity contribution in [2.45, 2.75) is 32.2 Å². The maximum absolute atomic E-state index is 6.01. The molecule has 2 aromatic carbocycles. The van der Waals surface area contributed by atoms with Gasteiger partial charge in [0.25, 0.3) is 5.78 Å². The van der Waals surface area contributed by atoms with Crippen LogP contribution in [-0.4, -0.2) is 37.6 Å². The van der Waals surface area contributed by atoms with E-state index in [2.05, 4.69) is 62.4 Å². The van der Waals surface area contributed by atoms with E-state index in [1.54, 1.807) is 6.33 Å². The summed E-state index contributed by atoms with van der Waals surface area (Å²) in [5.41, 5.74) is 5.96. The van der Waals surface area contributed by atoms with Crippen LogP contribution >= 0.6 is 11.6 Å². The van der Waals surface area contributed by atoms with Crippen molar-refractivity contribution in [2.24, 2.45) is 0 Å². The fourth-order valence-corrected chi connectivity index (χ4v) is 4.52. The minimum absolute atomic E-state index is 0.443. The predicted molar refractivity (Wildman–Crippen MR) is 120 cm³/mol. The molecule has 1 fully saturated rings. The summed E-state index contributed by atoms with van der Waals surface area (Å²) < 4.78 is 1.90. The van der Waals surface area contributed by atoms with Crippen LogP contribution in [0, 0.1) is 6.92 Å². The van der Waals surface area contributed by atoms with Crippen LogP contribution in [0.4, 0.5) is 0 Å². The van der Waals surface area contributed by atoms with E-state index in [1.165, 1.54) is 35.2 Å². The van der Waals surface area contributed by atoms with Crippen LogP contribution in [-0.2, 0) is 6.54 Å². The van der Waals surface area contributed by atoms with Gasteiger partial charge in [0.2, 0.25) is 0 Å². The number of fused-ring (bicyclic) bond motifs is 1. The normalized spacial score (nSPS) is 17.5. The second-order valence-corrected chi connectivity index (χ2v) is 8.51. The van der Waals surface area contributed by atoms with Crippen molar-refractivity contribution < 1.29 is 0 Å². The lowest BCUT2D eigenvalue weighted by Crippen LogP contribution is -2.34. The van der Waals surface area contributed by atoms with Gasteiger partial charge < -0.3 is 0 Å². The van der Waals surface area contributed by atoms with Crippen molar-refractivity contribution in [3.63, 3.8) is 0 Å². The van der Waals surface area contributed by atoms with Crippen LogP contribution in [0.2, 0.25) is 5.02 Å². The minimum Gasteiger partial charge on any atom is -0.298 e. The SMILES string of the molecule is Cc1cc(C2CCCN(Cc3ccc(-c4ccc(Cl)cc4)cc3)C2)n2ncnc2n1. The first-order chi connectivity index (χ1) is 14.7. The van der Waals surface area contributed by atoms with Crippen LogP contribution in [0.25, 0.3) is 16.9 Å². The number of rotatable bonds is 4. The molecule has 2 aromatic heterocycles. The fraction of sp³-hybridized carbons (Fsp3) is 0.292. The Hall–Kier alpha value is -2.76. The highest BCUT2D eigenvalue weighted by Crippen LogP contribution is 2.29. The summed E-state index contributed by atoms with van der Waals surface area (Å²) in [4.78, 5) is 11.3. The van der Waals surface area contributed by atoms with Gasteiger partial charge in [0.15, 0.2) is 0 Å². The van der Waals surface area contributed by atoms with Gasteiger partial charge in [-0.25, -0.2) is 9.50 Å². The molecular weight excluding hydrogens is 394 g/mol. The molecule has 0 spiro atoms. The molecule has 152 valence electrons. The van der Waals surface area contributed by atoms with Crippen LogP contribution in [0.1, 0.15) is 35.7 Å². The largest absolute Gasteiger partial charge is 0.298 e. The highest BCUT2D eigenvalue weighted by atomic mass is 35.5. The van der Waals surface area contributed by atoms with Gasteiger partial charge in [-0.15, -0.1) is 0 Å². The van der Waals surface area contributed by atoms with Gasteiger partial charge in [-0.1, -0.05) is 48.0 Å². The molecule has 4 aromatic rings. The molecule has 0 aliphatic carbocycles. The summed E-state index contributed by atoms with van der Waals surface area (Å²) >= 11 is 6.01. The fourth-order valence-electron chi connectivity index (χ4n) is 4.39. The molecule has 0 radical (unpaired) electrons. The number of aromatic nitrogens is 4. The summed E-state index contributed by atoms with van der Waals surface area (Å²) in [7, 11) is 0. The van der Waals surface area contributed by atoms with E-state index in [0.717, 1.165) is 30.4 Å². The zero-order valence-electron chi connectivity index (χ0n) is 17.0. The number of benzene rings is 2. The van der Waals surface area contributed by atoms with Gasteiger partial charge >= 0.3 is 0 Å². The summed E-state index contributed by atoms with van der Waals surface area (Å²) in [6.07, 6.45) is 3.95. The summed E-state index contributed by atoms with van der Waals surface area (Å²) in [6.45, 7) is 5.14. The first-order valence-electron chi connectivity index (χ1n) is 10.4. The third-order valence-electron chi connectivity index (χ3n) is 5.87. The van der Waals surface area contributed by atoms with Gasteiger partial charge in [-0.05, 0) is 61.2 Å². The van der Waals surface area contributed by atoms with Crippen molar-refractivity contribution in [3.8, 4) is 11.1 Å². The highest BCUT2D eigenvalue weighted by Gasteiger charge is 2.24. The monoisotopic (exact) mass is 417 g/mol. The Labute approximate surface area is 181 Å². The second kappa shape index (κ2) is 8.17. The maximum Gasteiger partial charge on any atom is 0.252 e. The predicted octanol–water partition coefficient (Wildman–Crippen LogP) is 5.13. The van der Waals surface area contributed by atoms with E-state index in [0.29, 0.717) is 11.7 Å². The molecule has 0 saturated carbocycles. The second-order valence-electron chi connectivity index (χ2n) is 8.07. The Balaban J connectivity index is 1.31. The Kier molecular flexibility index (Phi) is 5.23. The smallest absolute Gasteiger partial charge is 0.252 e. The number of hydrogen-bond donors (Lipinski definition) is 0. The number of piperidine rings is 1. The molecule has 5 rings (SSSR count). The number of nitrogens with zero attached hydrogens (tertiary/aromatic N) is 5. The van der Waals surface area contributed by atoms with Crippen LogP contribution in [0.3, 0.4) is 0 Å². The summed E-state index contributed by atoms with van der Waals surface area (Å²) in [6, 6.07) is 19.0. The Morgan fingerprint density at radius 2 is 1.77 bits per heavy atom. The van der Waals surface area contributed by atoms with Gasteiger partial charge in [0, 0.05) is 29.7 Å². The van der Waals surface area contributed by atoms with Crippen LogP contribution in [0.15, 0.2) is 60.9 Å². The molecule has 1 aliphatic heterocycles. The number of likely N-dealkylation sites (tertiary alicyclic amines) is 1. The Morgan fingerprint density at radius 3 is 2.53 bits per heavy atom. The Morgan fingerprint density at radius 1 is 1.03 bits per heavy atom. The molecule has 6 heteroatoms. The average molecular weight is 418 g/mol. The van der Waals surface area contributed by atoms with E-state index in [-0.39, 0.29) is 0 Å². The zero-order valence-corrected chi connectivity index (χ0v) is 17.8. The quantitative estimate of drug-likeness (QED) is 0.461. The standard InChI is InChI=1S/C24H24ClN5/c1-17-13-23(30-24(28-17)26-16-27-30)21-3-2-12-29(15-21)14-18-4-6-19(7-5-18)20-8-10-22(25)11-9-20/h4-11,13,16,21H,2-3,12,14-15H2,1H3. The molecule has 1 saturated heterocycles. The first-order valence-corrected chi connectivity index (χ1v) is 10.8. The molecule has 0 amide bonds. The molecule has 3 heterocycles. The van der Waals surface area contributed by atoms with E-state index >= 15 is 0 Å². The van der Waals surface area contributed by atoms with E-state index in [4.69, 9.17) is 11.6 Å². The Bertz CT molecular complexity index is 1150. The molecule has 5 nitrogen and oxygen atoms in total. The molecule has 0 bridgehead atoms. The average Bonchev–Trinajstić information content (AvgIpc) is 3.23. The molecule has 1 aliphatic rings. The molecular formula is C24H24ClN5. The summed E-state index contributed by atoms with van der Waals surface area (Å²) in [5.74, 6) is 1.14.